The van der Waals surface area contributed by atoms with Crippen molar-refractivity contribution in [1.29, 1.82) is 0 Å². The number of rotatable bonds is 1. The summed E-state index contributed by atoms with van der Waals surface area (Å²) in [6.07, 6.45) is 6.86. The highest BCUT2D eigenvalue weighted by Crippen LogP contribution is 2.43. The summed E-state index contributed by atoms with van der Waals surface area (Å²) in [6.45, 7) is 2.13. The first-order chi connectivity index (χ1) is 9.81. The van der Waals surface area contributed by atoms with Crippen LogP contribution in [-0.4, -0.2) is 6.10 Å². The van der Waals surface area contributed by atoms with Gasteiger partial charge in [0.15, 0.2) is 0 Å². The van der Waals surface area contributed by atoms with E-state index < -0.39 is 0 Å². The predicted molar refractivity (Wildman–Crippen MR) is 81.9 cm³/mol. The Morgan fingerprint density at radius 2 is 1.90 bits per heavy atom. The molecule has 1 aliphatic heterocycles. The fraction of sp³-hybridized carbons (Fsp3) is 0.158. The van der Waals surface area contributed by atoms with Gasteiger partial charge in [0.05, 0.1) is 0 Å². The highest BCUT2D eigenvalue weighted by molar-refractivity contribution is 5.77. The number of allylic oxidation sites excluding steroid dienone is 2. The van der Waals surface area contributed by atoms with Crippen molar-refractivity contribution in [3.05, 3.63) is 83.4 Å². The van der Waals surface area contributed by atoms with E-state index in [0.29, 0.717) is 5.92 Å². The Bertz CT molecular complexity index is 724. The third kappa shape index (κ3) is 1.78. The van der Waals surface area contributed by atoms with Crippen molar-refractivity contribution in [1.82, 2.24) is 0 Å². The van der Waals surface area contributed by atoms with Crippen LogP contribution in [0.25, 0.3) is 5.57 Å². The monoisotopic (exact) mass is 260 g/mol. The Kier molecular flexibility index (Phi) is 2.53. The van der Waals surface area contributed by atoms with E-state index in [1.54, 1.807) is 0 Å². The molecular formula is C19H16O. The predicted octanol–water partition coefficient (Wildman–Crippen LogP) is 4.49. The molecule has 0 radical (unpaired) electrons. The zero-order chi connectivity index (χ0) is 13.5. The van der Waals surface area contributed by atoms with Crippen molar-refractivity contribution in [3.63, 3.8) is 0 Å². The molecular weight excluding hydrogens is 244 g/mol. The molecule has 98 valence electrons. The van der Waals surface area contributed by atoms with Crippen LogP contribution < -0.4 is 4.74 Å². The molecule has 1 aliphatic carbocycles. The fourth-order valence-corrected chi connectivity index (χ4v) is 3.07. The van der Waals surface area contributed by atoms with Crippen LogP contribution in [0.5, 0.6) is 5.75 Å². The Morgan fingerprint density at radius 3 is 2.80 bits per heavy atom. The van der Waals surface area contributed by atoms with E-state index in [2.05, 4.69) is 67.6 Å². The van der Waals surface area contributed by atoms with Crippen molar-refractivity contribution in [3.8, 4) is 5.75 Å². The maximum absolute atomic E-state index is 5.99. The molecule has 0 bridgehead atoms. The van der Waals surface area contributed by atoms with Crippen molar-refractivity contribution in [2.24, 2.45) is 0 Å². The Balaban J connectivity index is 1.77. The molecule has 1 heteroatoms. The molecule has 0 fully saturated rings. The topological polar surface area (TPSA) is 9.23 Å². The van der Waals surface area contributed by atoms with E-state index in [-0.39, 0.29) is 6.10 Å². The lowest BCUT2D eigenvalue weighted by Gasteiger charge is -2.18. The van der Waals surface area contributed by atoms with Crippen LogP contribution >= 0.6 is 0 Å². The van der Waals surface area contributed by atoms with Crippen LogP contribution in [-0.2, 0) is 0 Å². The maximum Gasteiger partial charge on any atom is 0.128 e. The normalized spacial score (nSPS) is 22.8. The van der Waals surface area contributed by atoms with Gasteiger partial charge in [0.1, 0.15) is 11.9 Å². The molecule has 0 amide bonds. The number of fused-ring (bicyclic) bond motifs is 3. The van der Waals surface area contributed by atoms with Crippen LogP contribution in [0.15, 0.2) is 66.8 Å². The fourth-order valence-electron chi connectivity index (χ4n) is 3.07. The van der Waals surface area contributed by atoms with Gasteiger partial charge in [-0.2, -0.15) is 0 Å². The second-order valence-electron chi connectivity index (χ2n) is 5.50. The number of ether oxygens (including phenoxy) is 1. The van der Waals surface area contributed by atoms with Gasteiger partial charge in [0.2, 0.25) is 0 Å². The van der Waals surface area contributed by atoms with Crippen molar-refractivity contribution >= 4 is 5.57 Å². The molecule has 0 saturated heterocycles. The summed E-state index contributed by atoms with van der Waals surface area (Å²) in [5, 5.41) is 0. The molecule has 2 unspecified atom stereocenters. The lowest BCUT2D eigenvalue weighted by atomic mass is 9.87. The average Bonchev–Trinajstić information content (AvgIpc) is 2.85. The summed E-state index contributed by atoms with van der Waals surface area (Å²) in [4.78, 5) is 0. The molecule has 2 aromatic carbocycles. The Morgan fingerprint density at radius 1 is 1.00 bits per heavy atom. The van der Waals surface area contributed by atoms with Crippen LogP contribution in [0.1, 0.15) is 22.6 Å². The lowest BCUT2D eigenvalue weighted by Crippen LogP contribution is -2.16. The number of aryl methyl sites for hydroxylation is 1. The number of para-hydroxylation sites is 1. The van der Waals surface area contributed by atoms with Gasteiger partial charge in [0, 0.05) is 11.5 Å². The molecule has 2 aromatic rings. The Labute approximate surface area is 119 Å². The van der Waals surface area contributed by atoms with Crippen LogP contribution in [0.3, 0.4) is 0 Å². The summed E-state index contributed by atoms with van der Waals surface area (Å²) in [5.74, 6) is 1.36. The number of hydrogen-bond donors (Lipinski definition) is 0. The van der Waals surface area contributed by atoms with Gasteiger partial charge in [-0.05, 0) is 30.2 Å². The van der Waals surface area contributed by atoms with Crippen molar-refractivity contribution in [2.75, 3.05) is 0 Å². The van der Waals surface area contributed by atoms with Crippen LogP contribution in [0.4, 0.5) is 0 Å². The smallest absolute Gasteiger partial charge is 0.128 e. The van der Waals surface area contributed by atoms with E-state index in [4.69, 9.17) is 4.74 Å². The van der Waals surface area contributed by atoms with Gasteiger partial charge in [-0.25, -0.2) is 0 Å². The summed E-state index contributed by atoms with van der Waals surface area (Å²) in [5.41, 5.74) is 5.16. The van der Waals surface area contributed by atoms with Gasteiger partial charge in [-0.15, -0.1) is 0 Å². The van der Waals surface area contributed by atoms with E-state index in [9.17, 15) is 0 Å². The second kappa shape index (κ2) is 4.38. The third-order valence-electron chi connectivity index (χ3n) is 4.07. The summed E-state index contributed by atoms with van der Waals surface area (Å²) < 4.78 is 5.99. The molecule has 1 heterocycles. The molecule has 2 atom stereocenters. The first-order valence-corrected chi connectivity index (χ1v) is 7.04. The SMILES string of the molecule is Cc1cccc(C2=CC3c4ccccc4OC3C=C2)c1. The van der Waals surface area contributed by atoms with E-state index in [1.165, 1.54) is 22.3 Å². The van der Waals surface area contributed by atoms with Gasteiger partial charge >= 0.3 is 0 Å². The first kappa shape index (κ1) is 11.5. The minimum Gasteiger partial charge on any atom is -0.485 e. The standard InChI is InChI=1S/C19H16O/c1-13-5-4-6-14(11-13)15-9-10-19-17(12-15)16-7-2-3-8-18(16)20-19/h2-12,17,19H,1H3. The highest BCUT2D eigenvalue weighted by atomic mass is 16.5. The first-order valence-electron chi connectivity index (χ1n) is 7.04. The molecule has 1 nitrogen and oxygen atoms in total. The number of benzene rings is 2. The van der Waals surface area contributed by atoms with E-state index in [0.717, 1.165) is 5.75 Å². The number of hydrogen-bond acceptors (Lipinski definition) is 1. The maximum atomic E-state index is 5.99. The molecule has 0 N–H and O–H groups in total. The molecule has 4 rings (SSSR count). The average molecular weight is 260 g/mol. The molecule has 0 spiro atoms. The summed E-state index contributed by atoms with van der Waals surface area (Å²) in [6, 6.07) is 17.0. The Hall–Kier alpha value is -2.28. The van der Waals surface area contributed by atoms with Crippen LogP contribution in [0, 0.1) is 6.92 Å². The highest BCUT2D eigenvalue weighted by Gasteiger charge is 2.32. The lowest BCUT2D eigenvalue weighted by molar-refractivity contribution is 0.269. The summed E-state index contributed by atoms with van der Waals surface area (Å²) in [7, 11) is 0. The van der Waals surface area contributed by atoms with Gasteiger partial charge in [0.25, 0.3) is 0 Å². The van der Waals surface area contributed by atoms with Crippen molar-refractivity contribution in [2.45, 2.75) is 18.9 Å². The minimum atomic E-state index is 0.154. The van der Waals surface area contributed by atoms with Gasteiger partial charge in [-0.1, -0.05) is 60.2 Å². The van der Waals surface area contributed by atoms with Gasteiger partial charge < -0.3 is 4.74 Å². The third-order valence-corrected chi connectivity index (χ3v) is 4.07. The van der Waals surface area contributed by atoms with Crippen molar-refractivity contribution < 1.29 is 4.74 Å². The minimum absolute atomic E-state index is 0.154. The van der Waals surface area contributed by atoms with E-state index >= 15 is 0 Å². The molecule has 2 aliphatic rings. The molecule has 0 saturated carbocycles. The van der Waals surface area contributed by atoms with Crippen LogP contribution in [0.2, 0.25) is 0 Å². The zero-order valence-electron chi connectivity index (χ0n) is 11.4. The zero-order valence-corrected chi connectivity index (χ0v) is 11.4. The second-order valence-corrected chi connectivity index (χ2v) is 5.50. The van der Waals surface area contributed by atoms with E-state index in [1.807, 2.05) is 6.07 Å². The molecule has 0 aromatic heterocycles. The quantitative estimate of drug-likeness (QED) is 0.734. The largest absolute Gasteiger partial charge is 0.485 e. The molecule has 20 heavy (non-hydrogen) atoms. The van der Waals surface area contributed by atoms with Gasteiger partial charge in [-0.3, -0.25) is 0 Å². The summed E-state index contributed by atoms with van der Waals surface area (Å²) >= 11 is 0.